The molecule has 0 aromatic heterocycles. The number of epoxide rings is 1. The molecule has 1 saturated carbocycles. The van der Waals surface area contributed by atoms with Gasteiger partial charge in [-0.25, -0.2) is 0 Å². The molecule has 3 fully saturated rings. The van der Waals surface area contributed by atoms with E-state index in [1.54, 1.807) is 0 Å². The SMILES string of the molecule is CC1(C)O[C@H]2[C@@H]3O[C@@H]3[C@](O)(CC(=O)CO[Si](c3ccccc3)(c3ccccc3)C(C)(C)C)C[C@H]2O1. The lowest BCUT2D eigenvalue weighted by atomic mass is 9.78. The van der Waals surface area contributed by atoms with Crippen molar-refractivity contribution in [2.45, 2.75) is 88.3 Å². The minimum absolute atomic E-state index is 0.0284. The Morgan fingerprint density at radius 3 is 2.11 bits per heavy atom. The fourth-order valence-electron chi connectivity index (χ4n) is 6.09. The highest BCUT2D eigenvalue weighted by atomic mass is 28.4. The summed E-state index contributed by atoms with van der Waals surface area (Å²) in [6.45, 7) is 10.2. The number of rotatable bonds is 7. The van der Waals surface area contributed by atoms with Crippen LogP contribution in [0.2, 0.25) is 5.04 Å². The summed E-state index contributed by atoms with van der Waals surface area (Å²) in [6, 6.07) is 20.5. The van der Waals surface area contributed by atoms with Crippen LogP contribution >= 0.6 is 0 Å². The number of carbonyl (C=O) groups excluding carboxylic acids is 1. The van der Waals surface area contributed by atoms with Crippen molar-refractivity contribution in [3.05, 3.63) is 60.7 Å². The minimum Gasteiger partial charge on any atom is -0.400 e. The third kappa shape index (κ3) is 4.43. The van der Waals surface area contributed by atoms with Crippen LogP contribution in [0.5, 0.6) is 0 Å². The third-order valence-corrected chi connectivity index (χ3v) is 12.5. The summed E-state index contributed by atoms with van der Waals surface area (Å²) in [5.41, 5.74) is -1.28. The van der Waals surface area contributed by atoms with Crippen molar-refractivity contribution in [1.29, 1.82) is 0 Å². The van der Waals surface area contributed by atoms with Gasteiger partial charge in [0, 0.05) is 12.8 Å². The molecule has 0 unspecified atom stereocenters. The summed E-state index contributed by atoms with van der Waals surface area (Å²) < 4.78 is 24.5. The lowest BCUT2D eigenvalue weighted by Gasteiger charge is -2.43. The van der Waals surface area contributed by atoms with E-state index >= 15 is 0 Å². The molecule has 0 amide bonds. The highest BCUT2D eigenvalue weighted by Gasteiger charge is 2.68. The highest BCUT2D eigenvalue weighted by Crippen LogP contribution is 2.51. The monoisotopic (exact) mass is 496 g/mol. The van der Waals surface area contributed by atoms with Crippen LogP contribution in [0, 0.1) is 0 Å². The molecule has 2 aromatic carbocycles. The highest BCUT2D eigenvalue weighted by molar-refractivity contribution is 6.99. The Morgan fingerprint density at radius 2 is 1.57 bits per heavy atom. The van der Waals surface area contributed by atoms with E-state index in [0.29, 0.717) is 6.42 Å². The molecular weight excluding hydrogens is 460 g/mol. The Morgan fingerprint density at radius 1 is 1.00 bits per heavy atom. The van der Waals surface area contributed by atoms with Gasteiger partial charge in [-0.2, -0.15) is 0 Å². The molecule has 5 rings (SSSR count). The summed E-state index contributed by atoms with van der Waals surface area (Å²) in [7, 11) is -2.83. The maximum absolute atomic E-state index is 13.3. The second-order valence-corrected chi connectivity index (χ2v) is 15.9. The van der Waals surface area contributed by atoms with E-state index in [4.69, 9.17) is 18.6 Å². The van der Waals surface area contributed by atoms with E-state index in [-0.39, 0.29) is 42.2 Å². The molecule has 2 aromatic rings. The van der Waals surface area contributed by atoms with Gasteiger partial charge in [-0.1, -0.05) is 81.4 Å². The zero-order chi connectivity index (χ0) is 25.1. The zero-order valence-electron chi connectivity index (χ0n) is 21.2. The molecule has 6 nitrogen and oxygen atoms in total. The quantitative estimate of drug-likeness (QED) is 0.469. The largest absolute Gasteiger partial charge is 0.400 e. The van der Waals surface area contributed by atoms with Crippen molar-refractivity contribution < 1.29 is 28.5 Å². The topological polar surface area (TPSA) is 77.5 Å². The smallest absolute Gasteiger partial charge is 0.261 e. The molecule has 1 N–H and O–H groups in total. The summed E-state index contributed by atoms with van der Waals surface area (Å²) >= 11 is 0. The van der Waals surface area contributed by atoms with Crippen LogP contribution in [0.1, 0.15) is 47.5 Å². The average molecular weight is 497 g/mol. The van der Waals surface area contributed by atoms with E-state index in [0.717, 1.165) is 10.4 Å². The van der Waals surface area contributed by atoms with Crippen LogP contribution in [0.3, 0.4) is 0 Å². The standard InChI is InChI=1S/C28H36O6Si/c1-26(2,3)35(20-12-8-6-9-13-20,21-14-10-7-11-15-21)31-18-19(29)16-28(30)17-22-23(24-25(28)32-24)34-27(4,5)33-22/h6-15,22-25,30H,16-18H2,1-5H3/t22-,23-,24+,25+,28+/m1/s1. The molecule has 1 aliphatic carbocycles. The number of carbonyl (C=O) groups is 1. The fourth-order valence-corrected chi connectivity index (χ4v) is 10.6. The van der Waals surface area contributed by atoms with Crippen molar-refractivity contribution in [3.8, 4) is 0 Å². The first-order valence-corrected chi connectivity index (χ1v) is 14.4. The van der Waals surface area contributed by atoms with E-state index < -0.39 is 25.8 Å². The molecule has 3 aliphatic rings. The number of Topliss-reactive ketones (excluding diaryl/α,β-unsaturated/α-hetero) is 1. The fraction of sp³-hybridized carbons (Fsp3) is 0.536. The number of aliphatic hydroxyl groups is 1. The molecule has 2 saturated heterocycles. The Bertz CT molecular complexity index is 1030. The van der Waals surface area contributed by atoms with Crippen molar-refractivity contribution in [2.24, 2.45) is 0 Å². The van der Waals surface area contributed by atoms with E-state index in [9.17, 15) is 9.90 Å². The molecule has 7 heteroatoms. The first kappa shape index (κ1) is 24.8. The lowest BCUT2D eigenvalue weighted by molar-refractivity contribution is -0.152. The number of fused-ring (bicyclic) bond motifs is 3. The average Bonchev–Trinajstić information content (AvgIpc) is 3.54. The molecule has 2 heterocycles. The van der Waals surface area contributed by atoms with Gasteiger partial charge in [-0.05, 0) is 29.3 Å². The van der Waals surface area contributed by atoms with Gasteiger partial charge in [0.05, 0.1) is 12.7 Å². The van der Waals surface area contributed by atoms with Crippen molar-refractivity contribution in [1.82, 2.24) is 0 Å². The second-order valence-electron chi connectivity index (χ2n) is 11.6. The Balaban J connectivity index is 1.37. The Kier molecular flexibility index (Phi) is 6.10. The van der Waals surface area contributed by atoms with Crippen LogP contribution in [-0.4, -0.2) is 61.6 Å². The summed E-state index contributed by atoms with van der Waals surface area (Å²) in [5, 5.41) is 13.5. The Hall–Kier alpha value is -1.87. The van der Waals surface area contributed by atoms with Gasteiger partial charge in [0.1, 0.15) is 23.9 Å². The van der Waals surface area contributed by atoms with E-state index in [2.05, 4.69) is 45.0 Å². The van der Waals surface area contributed by atoms with Crippen LogP contribution in [0.15, 0.2) is 60.7 Å². The summed E-state index contributed by atoms with van der Waals surface area (Å²) in [4.78, 5) is 13.3. The molecule has 188 valence electrons. The predicted octanol–water partition coefficient (Wildman–Crippen LogP) is 2.94. The van der Waals surface area contributed by atoms with Crippen LogP contribution in [0.25, 0.3) is 0 Å². The van der Waals surface area contributed by atoms with Crippen molar-refractivity contribution in [2.75, 3.05) is 6.61 Å². The number of hydrogen-bond acceptors (Lipinski definition) is 6. The molecule has 5 atom stereocenters. The van der Waals surface area contributed by atoms with Gasteiger partial charge in [0.25, 0.3) is 8.32 Å². The normalized spacial score (nSPS) is 31.5. The molecule has 0 radical (unpaired) electrons. The van der Waals surface area contributed by atoms with Crippen molar-refractivity contribution in [3.63, 3.8) is 0 Å². The number of benzene rings is 2. The van der Waals surface area contributed by atoms with E-state index in [1.807, 2.05) is 50.2 Å². The molecule has 2 aliphatic heterocycles. The molecule has 0 spiro atoms. The van der Waals surface area contributed by atoms with Crippen LogP contribution in [0.4, 0.5) is 0 Å². The Labute approximate surface area is 208 Å². The lowest BCUT2D eigenvalue weighted by Crippen LogP contribution is -2.67. The minimum atomic E-state index is -2.83. The summed E-state index contributed by atoms with van der Waals surface area (Å²) in [5.74, 6) is -0.848. The zero-order valence-corrected chi connectivity index (χ0v) is 22.2. The molecular formula is C28H36O6Si. The van der Waals surface area contributed by atoms with Crippen molar-refractivity contribution >= 4 is 24.5 Å². The number of hydrogen-bond donors (Lipinski definition) is 1. The third-order valence-electron chi connectivity index (χ3n) is 7.52. The first-order valence-electron chi connectivity index (χ1n) is 12.5. The number of ketones is 1. The van der Waals surface area contributed by atoms with Gasteiger partial charge in [-0.3, -0.25) is 4.79 Å². The van der Waals surface area contributed by atoms with Gasteiger partial charge in [-0.15, -0.1) is 0 Å². The molecule has 0 bridgehead atoms. The van der Waals surface area contributed by atoms with Gasteiger partial charge >= 0.3 is 0 Å². The maximum atomic E-state index is 13.3. The second kappa shape index (κ2) is 8.61. The molecule has 35 heavy (non-hydrogen) atoms. The van der Waals surface area contributed by atoms with Gasteiger partial charge in [0.15, 0.2) is 11.6 Å². The van der Waals surface area contributed by atoms with E-state index in [1.165, 1.54) is 0 Å². The predicted molar refractivity (Wildman–Crippen MR) is 135 cm³/mol. The first-order chi connectivity index (χ1) is 16.5. The van der Waals surface area contributed by atoms with Crippen LogP contribution < -0.4 is 10.4 Å². The van der Waals surface area contributed by atoms with Crippen LogP contribution in [-0.2, 0) is 23.4 Å². The summed E-state index contributed by atoms with van der Waals surface area (Å²) in [6.07, 6.45) is -0.834. The maximum Gasteiger partial charge on any atom is 0.261 e. The van der Waals surface area contributed by atoms with Gasteiger partial charge < -0.3 is 23.7 Å². The van der Waals surface area contributed by atoms with Gasteiger partial charge in [0.2, 0.25) is 0 Å². The number of ether oxygens (including phenoxy) is 3.